The highest BCUT2D eigenvalue weighted by Gasteiger charge is 2.42. The average Bonchev–Trinajstić information content (AvgIpc) is 2.86. The molecule has 1 saturated heterocycles. The molecule has 7 heteroatoms. The Morgan fingerprint density at radius 2 is 1.95 bits per heavy atom. The maximum Gasteiger partial charge on any atom is 0.327 e. The highest BCUT2D eigenvalue weighted by atomic mass is 32.2. The molecular weight excluding hydrogens is 290 g/mol. The minimum absolute atomic E-state index is 0.0264. The fourth-order valence-corrected chi connectivity index (χ4v) is 3.80. The number of thioether (sulfide) groups is 1. The number of rotatable bonds is 7. The van der Waals surface area contributed by atoms with Crippen molar-refractivity contribution >= 4 is 23.8 Å². The van der Waals surface area contributed by atoms with Crippen molar-refractivity contribution in [1.82, 2.24) is 14.7 Å². The normalized spacial score (nSPS) is 21.9. The van der Waals surface area contributed by atoms with E-state index in [2.05, 4.69) is 4.90 Å². The lowest BCUT2D eigenvalue weighted by Gasteiger charge is -2.32. The largest absolute Gasteiger partial charge is 0.480 e. The standard InChI is InChI=1S/C14H27N3O3S/c1-5-12-17(11(10-21-12)13(18)19)14(20)16(6-2)9-7-8-15(3)4/h11-12H,5-10H2,1-4H3,(H,18,19). The van der Waals surface area contributed by atoms with Crippen LogP contribution in [0.4, 0.5) is 4.79 Å². The van der Waals surface area contributed by atoms with Gasteiger partial charge in [0.2, 0.25) is 0 Å². The van der Waals surface area contributed by atoms with Crippen LogP contribution in [0.15, 0.2) is 0 Å². The van der Waals surface area contributed by atoms with Crippen molar-refractivity contribution in [3.05, 3.63) is 0 Å². The summed E-state index contributed by atoms with van der Waals surface area (Å²) in [6.07, 6.45) is 1.66. The monoisotopic (exact) mass is 317 g/mol. The summed E-state index contributed by atoms with van der Waals surface area (Å²) < 4.78 is 0. The van der Waals surface area contributed by atoms with Gasteiger partial charge >= 0.3 is 12.0 Å². The van der Waals surface area contributed by atoms with Crippen LogP contribution in [0.5, 0.6) is 0 Å². The van der Waals surface area contributed by atoms with Gasteiger partial charge in [0.15, 0.2) is 0 Å². The van der Waals surface area contributed by atoms with E-state index in [1.807, 2.05) is 27.9 Å². The number of hydrogen-bond acceptors (Lipinski definition) is 4. The fraction of sp³-hybridized carbons (Fsp3) is 0.857. The molecule has 0 aromatic carbocycles. The number of nitrogens with zero attached hydrogens (tertiary/aromatic N) is 3. The summed E-state index contributed by atoms with van der Waals surface area (Å²) in [5.41, 5.74) is 0. The van der Waals surface area contributed by atoms with Gasteiger partial charge in [-0.25, -0.2) is 9.59 Å². The first-order valence-corrected chi connectivity index (χ1v) is 8.53. The van der Waals surface area contributed by atoms with E-state index in [4.69, 9.17) is 0 Å². The number of carboxylic acid groups (broad SMARTS) is 1. The van der Waals surface area contributed by atoms with Gasteiger partial charge in [0, 0.05) is 18.8 Å². The third kappa shape index (κ3) is 4.78. The molecule has 1 aliphatic heterocycles. The van der Waals surface area contributed by atoms with Crippen LogP contribution in [0.25, 0.3) is 0 Å². The number of carbonyl (C=O) groups excluding carboxylic acids is 1. The summed E-state index contributed by atoms with van der Waals surface area (Å²) in [7, 11) is 4.01. The van der Waals surface area contributed by atoms with Gasteiger partial charge in [-0.15, -0.1) is 11.8 Å². The molecule has 6 nitrogen and oxygen atoms in total. The number of amides is 2. The number of aliphatic carboxylic acids is 1. The van der Waals surface area contributed by atoms with E-state index >= 15 is 0 Å². The van der Waals surface area contributed by atoms with Crippen LogP contribution in [0.2, 0.25) is 0 Å². The van der Waals surface area contributed by atoms with E-state index < -0.39 is 12.0 Å². The van der Waals surface area contributed by atoms with E-state index in [-0.39, 0.29) is 11.4 Å². The van der Waals surface area contributed by atoms with Gasteiger partial charge < -0.3 is 14.9 Å². The lowest BCUT2D eigenvalue weighted by molar-refractivity contribution is -0.141. The second kappa shape index (κ2) is 8.48. The van der Waals surface area contributed by atoms with Gasteiger partial charge in [-0.2, -0.15) is 0 Å². The smallest absolute Gasteiger partial charge is 0.327 e. The van der Waals surface area contributed by atoms with E-state index in [0.717, 1.165) is 19.4 Å². The lowest BCUT2D eigenvalue weighted by atomic mass is 10.2. The molecule has 122 valence electrons. The highest BCUT2D eigenvalue weighted by molar-refractivity contribution is 8.00. The summed E-state index contributed by atoms with van der Waals surface area (Å²) in [5, 5.41) is 9.29. The Labute approximate surface area is 131 Å². The van der Waals surface area contributed by atoms with E-state index in [1.54, 1.807) is 21.6 Å². The van der Waals surface area contributed by atoms with Crippen molar-refractivity contribution < 1.29 is 14.7 Å². The molecule has 1 heterocycles. The molecule has 0 saturated carbocycles. The average molecular weight is 317 g/mol. The van der Waals surface area contributed by atoms with Crippen LogP contribution in [0.3, 0.4) is 0 Å². The van der Waals surface area contributed by atoms with Crippen molar-refractivity contribution in [3.63, 3.8) is 0 Å². The summed E-state index contributed by atoms with van der Waals surface area (Å²) in [6, 6.07) is -0.837. The zero-order valence-corrected chi connectivity index (χ0v) is 14.2. The molecule has 0 aromatic rings. The Hall–Kier alpha value is -0.950. The molecule has 2 unspecified atom stereocenters. The third-order valence-electron chi connectivity index (χ3n) is 3.63. The minimum atomic E-state index is -0.906. The molecule has 21 heavy (non-hydrogen) atoms. The zero-order chi connectivity index (χ0) is 16.0. The summed E-state index contributed by atoms with van der Waals surface area (Å²) >= 11 is 1.56. The molecule has 1 aliphatic rings. The highest BCUT2D eigenvalue weighted by Crippen LogP contribution is 2.32. The van der Waals surface area contributed by atoms with E-state index in [0.29, 0.717) is 18.8 Å². The topological polar surface area (TPSA) is 64.1 Å². The molecule has 0 bridgehead atoms. The third-order valence-corrected chi connectivity index (χ3v) is 5.09. The SMILES string of the molecule is CCC1SCC(C(=O)O)N1C(=O)N(CC)CCCN(C)C. The first-order chi connectivity index (χ1) is 9.92. The summed E-state index contributed by atoms with van der Waals surface area (Å²) in [6.45, 7) is 6.11. The summed E-state index contributed by atoms with van der Waals surface area (Å²) in [5.74, 6) is -0.425. The minimum Gasteiger partial charge on any atom is -0.480 e. The first kappa shape index (κ1) is 18.1. The van der Waals surface area contributed by atoms with Crippen molar-refractivity contribution in [1.29, 1.82) is 0 Å². The van der Waals surface area contributed by atoms with Crippen molar-refractivity contribution in [2.45, 2.75) is 38.1 Å². The Morgan fingerprint density at radius 1 is 1.29 bits per heavy atom. The number of carboxylic acids is 1. The second-order valence-electron chi connectivity index (χ2n) is 5.48. The van der Waals surface area contributed by atoms with Crippen molar-refractivity contribution in [2.75, 3.05) is 39.5 Å². The molecule has 1 rings (SSSR count). The molecule has 0 radical (unpaired) electrons. The van der Waals surface area contributed by atoms with Crippen LogP contribution in [0.1, 0.15) is 26.7 Å². The molecule has 0 spiro atoms. The first-order valence-electron chi connectivity index (χ1n) is 7.48. The van der Waals surface area contributed by atoms with E-state index in [9.17, 15) is 14.7 Å². The molecule has 2 amide bonds. The fourth-order valence-electron chi connectivity index (χ4n) is 2.45. The second-order valence-corrected chi connectivity index (χ2v) is 6.69. The summed E-state index contributed by atoms with van der Waals surface area (Å²) in [4.78, 5) is 29.5. The Bertz CT molecular complexity index is 365. The Morgan fingerprint density at radius 3 is 2.43 bits per heavy atom. The van der Waals surface area contributed by atoms with Crippen LogP contribution in [-0.2, 0) is 4.79 Å². The molecule has 0 aromatic heterocycles. The molecule has 2 atom stereocenters. The molecule has 1 N–H and O–H groups in total. The maximum atomic E-state index is 12.7. The van der Waals surface area contributed by atoms with Gasteiger partial charge in [0.05, 0.1) is 5.37 Å². The van der Waals surface area contributed by atoms with Gasteiger partial charge in [-0.05, 0) is 40.4 Å². The van der Waals surface area contributed by atoms with Crippen molar-refractivity contribution in [2.24, 2.45) is 0 Å². The predicted molar refractivity (Wildman–Crippen MR) is 85.6 cm³/mol. The predicted octanol–water partition coefficient (Wildman–Crippen LogP) is 1.62. The van der Waals surface area contributed by atoms with Gasteiger partial charge in [0.25, 0.3) is 0 Å². The molecule has 1 fully saturated rings. The van der Waals surface area contributed by atoms with Crippen LogP contribution >= 0.6 is 11.8 Å². The Balaban J connectivity index is 2.73. The van der Waals surface area contributed by atoms with Gasteiger partial charge in [0.1, 0.15) is 6.04 Å². The van der Waals surface area contributed by atoms with Crippen molar-refractivity contribution in [3.8, 4) is 0 Å². The van der Waals surface area contributed by atoms with Gasteiger partial charge in [-0.1, -0.05) is 6.92 Å². The van der Waals surface area contributed by atoms with Crippen LogP contribution < -0.4 is 0 Å². The lowest BCUT2D eigenvalue weighted by Crippen LogP contribution is -2.51. The number of carbonyl (C=O) groups is 2. The zero-order valence-electron chi connectivity index (χ0n) is 13.4. The Kier molecular flexibility index (Phi) is 7.31. The number of hydrogen-bond donors (Lipinski definition) is 1. The van der Waals surface area contributed by atoms with Crippen LogP contribution in [-0.4, -0.2) is 82.7 Å². The quantitative estimate of drug-likeness (QED) is 0.773. The molecular formula is C14H27N3O3S. The maximum absolute atomic E-state index is 12.7. The number of urea groups is 1. The van der Waals surface area contributed by atoms with Crippen LogP contribution in [0, 0.1) is 0 Å². The molecule has 0 aliphatic carbocycles. The van der Waals surface area contributed by atoms with E-state index in [1.165, 1.54) is 0 Å². The van der Waals surface area contributed by atoms with Gasteiger partial charge in [-0.3, -0.25) is 4.90 Å².